The molecular formula is C24H20N2O4. The van der Waals surface area contributed by atoms with Crippen LogP contribution >= 0.6 is 0 Å². The molecule has 6 nitrogen and oxygen atoms in total. The van der Waals surface area contributed by atoms with Crippen molar-refractivity contribution < 1.29 is 19.4 Å². The molecule has 1 atom stereocenters. The molecule has 1 aliphatic heterocycles. The molecule has 0 aromatic heterocycles. The van der Waals surface area contributed by atoms with Gasteiger partial charge >= 0.3 is 0 Å². The normalized spacial score (nSPS) is 19.1. The second kappa shape index (κ2) is 7.07. The van der Waals surface area contributed by atoms with E-state index in [0.29, 0.717) is 58.3 Å². The summed E-state index contributed by atoms with van der Waals surface area (Å²) in [7, 11) is 0. The van der Waals surface area contributed by atoms with Crippen LogP contribution in [0.4, 0.5) is 5.69 Å². The molecule has 2 aromatic carbocycles. The Hall–Kier alpha value is -3.51. The number of hydrogen-bond acceptors (Lipinski definition) is 6. The Bertz CT molecular complexity index is 1190. The summed E-state index contributed by atoms with van der Waals surface area (Å²) >= 11 is 0. The predicted octanol–water partition coefficient (Wildman–Crippen LogP) is 3.28. The topological polar surface area (TPSA) is 88.0 Å². The summed E-state index contributed by atoms with van der Waals surface area (Å²) in [6, 6.07) is 12.6. The maximum absolute atomic E-state index is 13.5. The third kappa shape index (κ3) is 2.80. The molecule has 5 rings (SSSR count). The van der Waals surface area contributed by atoms with Crippen LogP contribution < -0.4 is 10.1 Å². The average Bonchev–Trinajstić information content (AvgIpc) is 2.75. The van der Waals surface area contributed by atoms with Gasteiger partial charge in [-0.1, -0.05) is 30.3 Å². The van der Waals surface area contributed by atoms with Crippen LogP contribution in [0.2, 0.25) is 0 Å². The van der Waals surface area contributed by atoms with Crippen molar-refractivity contribution in [1.82, 2.24) is 5.32 Å². The van der Waals surface area contributed by atoms with Gasteiger partial charge in [0.1, 0.15) is 5.69 Å². The van der Waals surface area contributed by atoms with Crippen LogP contribution in [0.25, 0.3) is 0 Å². The van der Waals surface area contributed by atoms with Gasteiger partial charge in [0.25, 0.3) is 0 Å². The molecule has 0 saturated carbocycles. The Morgan fingerprint density at radius 3 is 2.73 bits per heavy atom. The summed E-state index contributed by atoms with van der Waals surface area (Å²) in [5.74, 6) is -0.0786. The molecule has 0 amide bonds. The maximum Gasteiger partial charge on any atom is 0.192 e. The predicted molar refractivity (Wildman–Crippen MR) is 112 cm³/mol. The van der Waals surface area contributed by atoms with Gasteiger partial charge in [0.05, 0.1) is 11.6 Å². The minimum atomic E-state index is -0.821. The molecule has 3 aliphatic rings. The van der Waals surface area contributed by atoms with E-state index in [1.807, 2.05) is 25.1 Å². The number of nitrogens with one attached hydrogen (secondary N) is 1. The number of carbonyl (C=O) groups excluding carboxylic acids is 2. The fraction of sp³-hybridized carbons (Fsp3) is 0.208. The first-order valence-corrected chi connectivity index (χ1v) is 9.94. The largest absolute Gasteiger partial charge is 0.453 e. The number of ether oxygens (including phenoxy) is 1. The molecular weight excluding hydrogens is 380 g/mol. The number of rotatable bonds is 4. The smallest absolute Gasteiger partial charge is 0.192 e. The van der Waals surface area contributed by atoms with Crippen LogP contribution in [0.3, 0.4) is 0 Å². The standard InChI is InChI=1S/C24H20N2O4/c1-13-7-8-16-18(11-13)30-19-12-17(25-9-4-10-27)20-21(22(19)26-16)24(29)15-6-3-2-5-14(15)23(20)28/h2-3,5-8,11-12,21,25,27H,4,9-10H2,1H3. The highest BCUT2D eigenvalue weighted by molar-refractivity contribution is 6.33. The van der Waals surface area contributed by atoms with E-state index >= 15 is 0 Å². The molecule has 1 unspecified atom stereocenters. The summed E-state index contributed by atoms with van der Waals surface area (Å²) in [4.78, 5) is 31.6. The number of aliphatic hydroxyl groups is 1. The first kappa shape index (κ1) is 18.5. The van der Waals surface area contributed by atoms with Gasteiger partial charge < -0.3 is 15.2 Å². The Balaban J connectivity index is 1.70. The third-order valence-corrected chi connectivity index (χ3v) is 5.55. The zero-order valence-electron chi connectivity index (χ0n) is 16.4. The van der Waals surface area contributed by atoms with Crippen molar-refractivity contribution in [3.05, 3.63) is 82.3 Å². The number of ketones is 2. The molecule has 0 fully saturated rings. The Morgan fingerprint density at radius 2 is 1.93 bits per heavy atom. The van der Waals surface area contributed by atoms with E-state index in [-0.39, 0.29) is 18.2 Å². The van der Waals surface area contributed by atoms with Gasteiger partial charge in [-0.05, 0) is 31.0 Å². The van der Waals surface area contributed by atoms with Gasteiger partial charge in [0, 0.05) is 41.6 Å². The Morgan fingerprint density at radius 1 is 1.13 bits per heavy atom. The van der Waals surface area contributed by atoms with Gasteiger partial charge in [-0.2, -0.15) is 0 Å². The fourth-order valence-electron chi connectivity index (χ4n) is 4.12. The van der Waals surface area contributed by atoms with E-state index in [2.05, 4.69) is 5.32 Å². The van der Waals surface area contributed by atoms with Crippen molar-refractivity contribution in [2.75, 3.05) is 13.2 Å². The minimum Gasteiger partial charge on any atom is -0.453 e. The lowest BCUT2D eigenvalue weighted by molar-refractivity contribution is 0.0908. The van der Waals surface area contributed by atoms with Crippen LogP contribution in [0.1, 0.15) is 32.7 Å². The number of aryl methyl sites for hydroxylation is 1. The first-order chi connectivity index (χ1) is 14.6. The minimum absolute atomic E-state index is 0.0290. The number of fused-ring (bicyclic) bond motifs is 5. The lowest BCUT2D eigenvalue weighted by Gasteiger charge is -2.34. The van der Waals surface area contributed by atoms with Crippen molar-refractivity contribution in [3.63, 3.8) is 0 Å². The van der Waals surface area contributed by atoms with Gasteiger partial charge in [-0.3, -0.25) is 9.59 Å². The highest BCUT2D eigenvalue weighted by atomic mass is 16.5. The van der Waals surface area contributed by atoms with Crippen molar-refractivity contribution in [1.29, 1.82) is 0 Å². The zero-order chi connectivity index (χ0) is 20.8. The number of carbonyl (C=O) groups is 2. The van der Waals surface area contributed by atoms with Gasteiger partial charge in [0.15, 0.2) is 23.1 Å². The summed E-state index contributed by atoms with van der Waals surface area (Å²) in [6.45, 7) is 2.47. The number of hydrogen-bond donors (Lipinski definition) is 2. The molecule has 2 N–H and O–H groups in total. The molecule has 2 aliphatic carbocycles. The molecule has 0 saturated heterocycles. The first-order valence-electron chi connectivity index (χ1n) is 9.94. The molecule has 30 heavy (non-hydrogen) atoms. The van der Waals surface area contributed by atoms with E-state index in [4.69, 9.17) is 14.8 Å². The van der Waals surface area contributed by atoms with Crippen LogP contribution in [-0.4, -0.2) is 35.5 Å². The summed E-state index contributed by atoms with van der Waals surface area (Å²) in [5.41, 5.74) is 3.89. The van der Waals surface area contributed by atoms with Crippen molar-refractivity contribution >= 4 is 23.0 Å². The van der Waals surface area contributed by atoms with E-state index in [0.717, 1.165) is 5.56 Å². The maximum atomic E-state index is 13.5. The second-order valence-electron chi connectivity index (χ2n) is 7.58. The summed E-state index contributed by atoms with van der Waals surface area (Å²) < 4.78 is 6.12. The number of allylic oxidation sites excluding steroid dienone is 3. The number of Topliss-reactive ketones (excluding diaryl/α,β-unsaturated/α-hetero) is 2. The van der Waals surface area contributed by atoms with E-state index in [9.17, 15) is 9.59 Å². The summed E-state index contributed by atoms with van der Waals surface area (Å²) in [6.07, 6.45) is 2.26. The van der Waals surface area contributed by atoms with Gasteiger partial charge in [-0.25, -0.2) is 4.99 Å². The van der Waals surface area contributed by atoms with E-state index in [1.165, 1.54) is 0 Å². The SMILES string of the molecule is Cc1ccc2c(c1)OC1=CC(NCCCO)=C3C(=O)c4ccccc4C(=O)C3C1=N2. The highest BCUT2D eigenvalue weighted by Gasteiger charge is 2.46. The van der Waals surface area contributed by atoms with Gasteiger partial charge in [0.2, 0.25) is 0 Å². The van der Waals surface area contributed by atoms with E-state index < -0.39 is 5.92 Å². The van der Waals surface area contributed by atoms with Crippen molar-refractivity contribution in [3.8, 4) is 5.75 Å². The molecule has 2 aromatic rings. The molecule has 1 heterocycles. The number of aliphatic imine (C=N–C) groups is 1. The van der Waals surface area contributed by atoms with Crippen LogP contribution in [0, 0.1) is 12.8 Å². The lowest BCUT2D eigenvalue weighted by atomic mass is 9.72. The molecule has 150 valence electrons. The average molecular weight is 400 g/mol. The Kier molecular flexibility index (Phi) is 4.37. The Labute approximate surface area is 173 Å². The van der Waals surface area contributed by atoms with Crippen molar-refractivity contribution in [2.24, 2.45) is 10.9 Å². The fourth-order valence-corrected chi connectivity index (χ4v) is 4.12. The van der Waals surface area contributed by atoms with Crippen LogP contribution in [0.15, 0.2) is 70.6 Å². The highest BCUT2D eigenvalue weighted by Crippen LogP contribution is 2.43. The summed E-state index contributed by atoms with van der Waals surface area (Å²) in [5, 5.41) is 12.3. The molecule has 0 spiro atoms. The lowest BCUT2D eigenvalue weighted by Crippen LogP contribution is -2.42. The number of benzene rings is 2. The molecule has 0 radical (unpaired) electrons. The van der Waals surface area contributed by atoms with Crippen molar-refractivity contribution in [2.45, 2.75) is 13.3 Å². The molecule has 6 heteroatoms. The second-order valence-corrected chi connectivity index (χ2v) is 7.58. The quantitative estimate of drug-likeness (QED) is 0.769. The zero-order valence-corrected chi connectivity index (χ0v) is 16.4. The van der Waals surface area contributed by atoms with Gasteiger partial charge in [-0.15, -0.1) is 0 Å². The number of nitrogens with zero attached hydrogens (tertiary/aromatic N) is 1. The monoisotopic (exact) mass is 400 g/mol. The van der Waals surface area contributed by atoms with Crippen LogP contribution in [-0.2, 0) is 0 Å². The van der Waals surface area contributed by atoms with E-state index in [1.54, 1.807) is 30.3 Å². The number of aliphatic hydroxyl groups excluding tert-OH is 1. The third-order valence-electron chi connectivity index (χ3n) is 5.55. The molecule has 0 bridgehead atoms. The van der Waals surface area contributed by atoms with Crippen LogP contribution in [0.5, 0.6) is 5.75 Å².